The molecule has 0 fully saturated rings. The fraction of sp³-hybridized carbons (Fsp3) is 0.455. The van der Waals surface area contributed by atoms with Crippen LogP contribution in [0.5, 0.6) is 0 Å². The molecule has 0 saturated heterocycles. The summed E-state index contributed by atoms with van der Waals surface area (Å²) in [5, 5.41) is 3.26. The van der Waals surface area contributed by atoms with Crippen molar-refractivity contribution in [3.05, 3.63) is 23.6 Å². The average molecular weight is 257 g/mol. The topological polar surface area (TPSA) is 73.1 Å². The van der Waals surface area contributed by atoms with Gasteiger partial charge in [-0.3, -0.25) is 0 Å². The number of anilines is 2. The summed E-state index contributed by atoms with van der Waals surface area (Å²) >= 11 is 5.76. The fourth-order valence-electron chi connectivity index (χ4n) is 1.21. The van der Waals surface area contributed by atoms with E-state index in [1.54, 1.807) is 13.0 Å². The van der Waals surface area contributed by atoms with Crippen molar-refractivity contribution in [1.82, 2.24) is 9.97 Å². The molecule has 1 rings (SSSR count). The number of nitrogen functional groups attached to an aromatic ring is 1. The monoisotopic (exact) mass is 256 g/mol. The molecule has 3 N–H and O–H groups in total. The average Bonchev–Trinajstić information content (AvgIpc) is 2.29. The summed E-state index contributed by atoms with van der Waals surface area (Å²) < 4.78 is 5.42. The molecule has 1 atom stereocenters. The molecule has 0 aliphatic carbocycles. The van der Waals surface area contributed by atoms with Crippen LogP contribution in [0.25, 0.3) is 0 Å². The number of nitrogens with two attached hydrogens (primary N) is 1. The number of rotatable bonds is 6. The highest BCUT2D eigenvalue weighted by Gasteiger charge is 2.08. The van der Waals surface area contributed by atoms with E-state index < -0.39 is 0 Å². The van der Waals surface area contributed by atoms with Crippen molar-refractivity contribution in [2.24, 2.45) is 0 Å². The maximum atomic E-state index is 5.83. The maximum Gasteiger partial charge on any atom is 0.224 e. The van der Waals surface area contributed by atoms with Gasteiger partial charge in [0.05, 0.1) is 24.1 Å². The van der Waals surface area contributed by atoms with Crippen LogP contribution in [0.15, 0.2) is 12.7 Å². The molecule has 0 radical (unpaired) electrons. The third-order valence-electron chi connectivity index (χ3n) is 2.16. The summed E-state index contributed by atoms with van der Waals surface area (Å²) in [6.45, 7) is 8.42. The standard InChI is InChI=1S/C11H17ClN4O/c1-4-5-17-7(2)6-14-10-9(13)8(3)15-11(12)16-10/h4,7H,1,5-6,13H2,2-3H3,(H,14,15,16). The fourth-order valence-corrected chi connectivity index (χ4v) is 1.43. The van der Waals surface area contributed by atoms with Crippen LogP contribution in [0.1, 0.15) is 12.6 Å². The zero-order valence-electron chi connectivity index (χ0n) is 10.0. The maximum absolute atomic E-state index is 5.83. The zero-order chi connectivity index (χ0) is 12.8. The second-order valence-corrected chi connectivity index (χ2v) is 3.99. The van der Waals surface area contributed by atoms with E-state index in [1.165, 1.54) is 0 Å². The summed E-state index contributed by atoms with van der Waals surface area (Å²) in [5.41, 5.74) is 7.00. The van der Waals surface area contributed by atoms with Crippen LogP contribution in [0, 0.1) is 6.92 Å². The van der Waals surface area contributed by atoms with Gasteiger partial charge in [0.2, 0.25) is 5.28 Å². The van der Waals surface area contributed by atoms with Crippen molar-refractivity contribution in [3.8, 4) is 0 Å². The Morgan fingerprint density at radius 2 is 2.29 bits per heavy atom. The third kappa shape index (κ3) is 4.20. The highest BCUT2D eigenvalue weighted by molar-refractivity contribution is 6.28. The predicted molar refractivity (Wildman–Crippen MR) is 70.3 cm³/mol. The minimum Gasteiger partial charge on any atom is -0.394 e. The Morgan fingerprint density at radius 1 is 1.59 bits per heavy atom. The van der Waals surface area contributed by atoms with Crippen LogP contribution in [0.2, 0.25) is 5.28 Å². The Morgan fingerprint density at radius 3 is 2.94 bits per heavy atom. The minimum absolute atomic E-state index is 0.0291. The number of ether oxygens (including phenoxy) is 1. The van der Waals surface area contributed by atoms with Gasteiger partial charge >= 0.3 is 0 Å². The van der Waals surface area contributed by atoms with Crippen LogP contribution < -0.4 is 11.1 Å². The van der Waals surface area contributed by atoms with E-state index in [1.807, 2.05) is 6.92 Å². The quantitative estimate of drug-likeness (QED) is 0.602. The third-order valence-corrected chi connectivity index (χ3v) is 2.33. The number of hydrogen-bond acceptors (Lipinski definition) is 5. The van der Waals surface area contributed by atoms with E-state index in [9.17, 15) is 0 Å². The number of nitrogens with zero attached hydrogens (tertiary/aromatic N) is 2. The Hall–Kier alpha value is -1.33. The molecule has 0 aliphatic rings. The van der Waals surface area contributed by atoms with Crippen molar-refractivity contribution in [1.29, 1.82) is 0 Å². The minimum atomic E-state index is 0.0291. The zero-order valence-corrected chi connectivity index (χ0v) is 10.8. The Kier molecular flexibility index (Phi) is 5.18. The van der Waals surface area contributed by atoms with E-state index in [2.05, 4.69) is 21.9 Å². The first-order valence-electron chi connectivity index (χ1n) is 5.30. The summed E-state index contributed by atoms with van der Waals surface area (Å²) in [6, 6.07) is 0. The molecule has 94 valence electrons. The molecule has 1 unspecified atom stereocenters. The van der Waals surface area contributed by atoms with E-state index >= 15 is 0 Å². The first kappa shape index (κ1) is 13.7. The summed E-state index contributed by atoms with van der Waals surface area (Å²) in [5.74, 6) is 0.538. The molecule has 1 heterocycles. The van der Waals surface area contributed by atoms with Gasteiger partial charge in [-0.05, 0) is 25.4 Å². The number of nitrogens with one attached hydrogen (secondary N) is 1. The lowest BCUT2D eigenvalue weighted by atomic mass is 10.3. The molecule has 0 amide bonds. The Labute approximate surface area is 106 Å². The van der Waals surface area contributed by atoms with E-state index in [-0.39, 0.29) is 11.4 Å². The molecule has 1 aromatic rings. The Bertz CT molecular complexity index is 397. The van der Waals surface area contributed by atoms with Gasteiger partial charge in [-0.2, -0.15) is 4.98 Å². The predicted octanol–water partition coefficient (Wildman–Crippen LogP) is 2.02. The molecule has 0 spiro atoms. The highest BCUT2D eigenvalue weighted by Crippen LogP contribution is 2.20. The van der Waals surface area contributed by atoms with Crippen molar-refractivity contribution in [2.75, 3.05) is 24.2 Å². The van der Waals surface area contributed by atoms with Gasteiger partial charge < -0.3 is 15.8 Å². The lowest BCUT2D eigenvalue weighted by Gasteiger charge is -2.14. The van der Waals surface area contributed by atoms with Crippen molar-refractivity contribution in [3.63, 3.8) is 0 Å². The summed E-state index contributed by atoms with van der Waals surface area (Å²) in [4.78, 5) is 7.98. The van der Waals surface area contributed by atoms with Crippen molar-refractivity contribution < 1.29 is 4.74 Å². The van der Waals surface area contributed by atoms with Gasteiger partial charge in [0.15, 0.2) is 5.82 Å². The first-order valence-corrected chi connectivity index (χ1v) is 5.68. The molecule has 6 heteroatoms. The van der Waals surface area contributed by atoms with Crippen LogP contribution in [-0.4, -0.2) is 29.2 Å². The lowest BCUT2D eigenvalue weighted by molar-refractivity contribution is 0.0979. The van der Waals surface area contributed by atoms with Gasteiger partial charge in [-0.1, -0.05) is 6.08 Å². The van der Waals surface area contributed by atoms with E-state index in [0.29, 0.717) is 30.4 Å². The van der Waals surface area contributed by atoms with Crippen LogP contribution in [0.3, 0.4) is 0 Å². The highest BCUT2D eigenvalue weighted by atomic mass is 35.5. The first-order chi connectivity index (χ1) is 8.04. The van der Waals surface area contributed by atoms with Crippen molar-refractivity contribution >= 4 is 23.1 Å². The number of halogens is 1. The van der Waals surface area contributed by atoms with Gasteiger partial charge in [-0.25, -0.2) is 4.98 Å². The van der Waals surface area contributed by atoms with Gasteiger partial charge in [0, 0.05) is 6.54 Å². The number of aromatic nitrogens is 2. The molecular formula is C11H17ClN4O. The SMILES string of the molecule is C=CCOC(C)CNc1nc(Cl)nc(C)c1N. The molecule has 0 bridgehead atoms. The van der Waals surface area contributed by atoms with Crippen LogP contribution >= 0.6 is 11.6 Å². The van der Waals surface area contributed by atoms with Crippen LogP contribution in [-0.2, 0) is 4.74 Å². The van der Waals surface area contributed by atoms with Gasteiger partial charge in [0.25, 0.3) is 0 Å². The molecule has 0 aliphatic heterocycles. The molecule has 5 nitrogen and oxygen atoms in total. The molecule has 17 heavy (non-hydrogen) atoms. The largest absolute Gasteiger partial charge is 0.394 e. The van der Waals surface area contributed by atoms with Gasteiger partial charge in [0.1, 0.15) is 0 Å². The smallest absolute Gasteiger partial charge is 0.224 e. The van der Waals surface area contributed by atoms with Gasteiger partial charge in [-0.15, -0.1) is 6.58 Å². The second-order valence-electron chi connectivity index (χ2n) is 3.65. The lowest BCUT2D eigenvalue weighted by Crippen LogP contribution is -2.21. The molecule has 1 aromatic heterocycles. The molecule has 0 aromatic carbocycles. The van der Waals surface area contributed by atoms with E-state index in [4.69, 9.17) is 22.1 Å². The molecular weight excluding hydrogens is 240 g/mol. The second kappa shape index (κ2) is 6.42. The molecule has 0 saturated carbocycles. The van der Waals surface area contributed by atoms with E-state index in [0.717, 1.165) is 0 Å². The normalized spacial score (nSPS) is 12.2. The summed E-state index contributed by atoms with van der Waals surface area (Å²) in [7, 11) is 0. The number of hydrogen-bond donors (Lipinski definition) is 2. The Balaban J connectivity index is 2.59. The summed E-state index contributed by atoms with van der Waals surface area (Å²) in [6.07, 6.45) is 1.73. The number of aryl methyl sites for hydroxylation is 1. The van der Waals surface area contributed by atoms with Crippen LogP contribution in [0.4, 0.5) is 11.5 Å². The van der Waals surface area contributed by atoms with Crippen molar-refractivity contribution in [2.45, 2.75) is 20.0 Å².